The number of anilines is 1. The van der Waals surface area contributed by atoms with E-state index in [9.17, 15) is 0 Å². The summed E-state index contributed by atoms with van der Waals surface area (Å²) in [6.45, 7) is 8.88. The van der Waals surface area contributed by atoms with E-state index in [4.69, 9.17) is 15.7 Å². The molecule has 0 saturated carbocycles. The molecule has 1 fully saturated rings. The van der Waals surface area contributed by atoms with Gasteiger partial charge in [-0.1, -0.05) is 11.8 Å². The van der Waals surface area contributed by atoms with Crippen LogP contribution in [-0.4, -0.2) is 47.6 Å². The van der Waals surface area contributed by atoms with Gasteiger partial charge in [0.1, 0.15) is 10.8 Å². The predicted octanol–water partition coefficient (Wildman–Crippen LogP) is 3.63. The van der Waals surface area contributed by atoms with E-state index in [0.717, 1.165) is 76.7 Å². The second-order valence-electron chi connectivity index (χ2n) is 9.65. The van der Waals surface area contributed by atoms with Crippen molar-refractivity contribution in [2.45, 2.75) is 56.1 Å². The molecule has 0 amide bonds. The van der Waals surface area contributed by atoms with Crippen molar-refractivity contribution in [3.8, 4) is 5.82 Å². The van der Waals surface area contributed by atoms with Gasteiger partial charge in [0, 0.05) is 53.6 Å². The third-order valence-corrected chi connectivity index (χ3v) is 8.52. The first kappa shape index (κ1) is 22.2. The quantitative estimate of drug-likeness (QED) is 0.465. The van der Waals surface area contributed by atoms with E-state index in [1.54, 1.807) is 11.8 Å². The van der Waals surface area contributed by atoms with Crippen molar-refractivity contribution in [2.75, 3.05) is 18.0 Å². The highest BCUT2D eigenvalue weighted by atomic mass is 32.2. The molecule has 1 spiro atoms. The monoisotopic (exact) mass is 487 g/mol. The number of nitrogens with zero attached hydrogens (tertiary/aromatic N) is 8. The lowest BCUT2D eigenvalue weighted by molar-refractivity contribution is 0.170. The molecule has 1 saturated heterocycles. The maximum atomic E-state index is 6.63. The molecule has 0 aromatic carbocycles. The molecule has 4 aromatic rings. The second-order valence-corrected chi connectivity index (χ2v) is 10.7. The Kier molecular flexibility index (Phi) is 5.37. The van der Waals surface area contributed by atoms with Gasteiger partial charge in [0.2, 0.25) is 0 Å². The number of hydrogen-bond acceptors (Lipinski definition) is 8. The highest BCUT2D eigenvalue weighted by Crippen LogP contribution is 2.47. The lowest BCUT2D eigenvalue weighted by Crippen LogP contribution is -2.45. The molecule has 6 heterocycles. The van der Waals surface area contributed by atoms with Crippen LogP contribution in [0.2, 0.25) is 0 Å². The van der Waals surface area contributed by atoms with Gasteiger partial charge in [0.15, 0.2) is 5.82 Å². The number of pyridine rings is 1. The fraction of sp³-hybridized carbons (Fsp3) is 0.400. The van der Waals surface area contributed by atoms with E-state index >= 15 is 0 Å². The standard InChI is InChI=1S/C25H29N9S/c1-16-12-17(2)34(31-16)24-18(3)20(5-8-27-24)35-22-14-28-21(13-29-22)32-10-6-25(7-11-32)15-33-19(23(25)26)4-9-30-33/h4-5,8-9,12-14,23H,6-7,10-11,15,26H2,1-3H3/t23-/m1/s1. The zero-order valence-electron chi connectivity index (χ0n) is 20.2. The summed E-state index contributed by atoms with van der Waals surface area (Å²) >= 11 is 1.60. The SMILES string of the molecule is Cc1cc(C)n(-c2nccc(Sc3cnc(N4CCC5(CC4)Cn4nccc4[C@H]5N)cn3)c2C)n1. The normalized spacial score (nSPS) is 18.9. The van der Waals surface area contributed by atoms with Crippen LogP contribution in [0.5, 0.6) is 0 Å². The minimum absolute atomic E-state index is 0.0555. The topological polar surface area (TPSA) is 104 Å². The summed E-state index contributed by atoms with van der Waals surface area (Å²) < 4.78 is 3.98. The van der Waals surface area contributed by atoms with Crippen LogP contribution >= 0.6 is 11.8 Å². The lowest BCUT2D eigenvalue weighted by atomic mass is 9.73. The fourth-order valence-corrected chi connectivity index (χ4v) is 6.22. The molecule has 1 atom stereocenters. The fourth-order valence-electron chi connectivity index (χ4n) is 5.41. The van der Waals surface area contributed by atoms with Crippen molar-refractivity contribution in [2.24, 2.45) is 11.1 Å². The van der Waals surface area contributed by atoms with Crippen molar-refractivity contribution in [3.05, 3.63) is 65.6 Å². The van der Waals surface area contributed by atoms with Gasteiger partial charge in [0.25, 0.3) is 0 Å². The van der Waals surface area contributed by atoms with Crippen molar-refractivity contribution < 1.29 is 0 Å². The molecule has 2 N–H and O–H groups in total. The Balaban J connectivity index is 1.14. The van der Waals surface area contributed by atoms with Gasteiger partial charge in [-0.3, -0.25) is 4.68 Å². The van der Waals surface area contributed by atoms with Gasteiger partial charge in [-0.05, 0) is 51.8 Å². The van der Waals surface area contributed by atoms with Crippen LogP contribution in [0, 0.1) is 26.2 Å². The number of piperidine rings is 1. The Labute approximate surface area is 208 Å². The minimum Gasteiger partial charge on any atom is -0.355 e. The second kappa shape index (κ2) is 8.46. The largest absolute Gasteiger partial charge is 0.355 e. The Morgan fingerprint density at radius 1 is 1.03 bits per heavy atom. The first-order valence-corrected chi connectivity index (χ1v) is 12.8. The molecule has 0 unspecified atom stereocenters. The smallest absolute Gasteiger partial charge is 0.157 e. The van der Waals surface area contributed by atoms with Gasteiger partial charge < -0.3 is 10.6 Å². The van der Waals surface area contributed by atoms with E-state index < -0.39 is 0 Å². The number of rotatable bonds is 4. The summed E-state index contributed by atoms with van der Waals surface area (Å²) in [5.74, 6) is 1.77. The lowest BCUT2D eigenvalue weighted by Gasteiger charge is -2.41. The Morgan fingerprint density at radius 2 is 1.86 bits per heavy atom. The van der Waals surface area contributed by atoms with E-state index in [2.05, 4.69) is 43.8 Å². The first-order valence-electron chi connectivity index (χ1n) is 11.9. The van der Waals surface area contributed by atoms with Gasteiger partial charge in [-0.2, -0.15) is 10.2 Å². The van der Waals surface area contributed by atoms with Gasteiger partial charge in [-0.25, -0.2) is 19.6 Å². The van der Waals surface area contributed by atoms with Crippen LogP contribution in [0.3, 0.4) is 0 Å². The Hall–Kier alpha value is -3.24. The van der Waals surface area contributed by atoms with Gasteiger partial charge >= 0.3 is 0 Å². The molecule has 35 heavy (non-hydrogen) atoms. The molecule has 0 radical (unpaired) electrons. The van der Waals surface area contributed by atoms with Crippen molar-refractivity contribution in [1.82, 2.24) is 34.5 Å². The van der Waals surface area contributed by atoms with Gasteiger partial charge in [-0.15, -0.1) is 0 Å². The predicted molar refractivity (Wildman–Crippen MR) is 135 cm³/mol. The average Bonchev–Trinajstić information content (AvgIpc) is 3.52. The van der Waals surface area contributed by atoms with E-state index in [-0.39, 0.29) is 11.5 Å². The third kappa shape index (κ3) is 3.81. The van der Waals surface area contributed by atoms with Crippen molar-refractivity contribution >= 4 is 17.6 Å². The first-order chi connectivity index (χ1) is 16.9. The van der Waals surface area contributed by atoms with Crippen molar-refractivity contribution in [1.29, 1.82) is 0 Å². The summed E-state index contributed by atoms with van der Waals surface area (Å²) in [5, 5.41) is 9.89. The summed E-state index contributed by atoms with van der Waals surface area (Å²) in [7, 11) is 0. The van der Waals surface area contributed by atoms with E-state index in [1.165, 1.54) is 0 Å². The Morgan fingerprint density at radius 3 is 2.54 bits per heavy atom. The maximum Gasteiger partial charge on any atom is 0.157 e. The number of fused-ring (bicyclic) bond motifs is 1. The summed E-state index contributed by atoms with van der Waals surface area (Å²) in [4.78, 5) is 17.5. The summed E-state index contributed by atoms with van der Waals surface area (Å²) in [6, 6.07) is 6.19. The maximum absolute atomic E-state index is 6.63. The average molecular weight is 488 g/mol. The molecular formula is C25H29N9S. The third-order valence-electron chi connectivity index (χ3n) is 7.44. The molecular weight excluding hydrogens is 458 g/mol. The van der Waals surface area contributed by atoms with Crippen LogP contribution in [0.4, 0.5) is 5.82 Å². The summed E-state index contributed by atoms with van der Waals surface area (Å²) in [6.07, 6.45) is 9.48. The molecule has 2 aliphatic rings. The number of aromatic nitrogens is 7. The number of aryl methyl sites for hydroxylation is 2. The number of nitrogens with two attached hydrogens (primary N) is 1. The summed E-state index contributed by atoms with van der Waals surface area (Å²) in [5.41, 5.74) is 11.0. The molecule has 2 aliphatic heterocycles. The molecule has 10 heteroatoms. The van der Waals surface area contributed by atoms with Crippen LogP contribution in [0.15, 0.2) is 52.9 Å². The van der Waals surface area contributed by atoms with E-state index in [0.29, 0.717) is 0 Å². The molecule has 6 rings (SSSR count). The highest BCUT2D eigenvalue weighted by molar-refractivity contribution is 7.99. The van der Waals surface area contributed by atoms with Crippen LogP contribution < -0.4 is 10.6 Å². The van der Waals surface area contributed by atoms with E-state index in [1.807, 2.05) is 49.4 Å². The molecule has 0 bridgehead atoms. The zero-order chi connectivity index (χ0) is 24.2. The Bertz CT molecular complexity index is 1370. The molecule has 4 aromatic heterocycles. The molecule has 180 valence electrons. The number of hydrogen-bond donors (Lipinski definition) is 1. The van der Waals surface area contributed by atoms with Crippen LogP contribution in [0.25, 0.3) is 5.82 Å². The molecule has 0 aliphatic carbocycles. The van der Waals surface area contributed by atoms with Crippen molar-refractivity contribution in [3.63, 3.8) is 0 Å². The molecule has 9 nitrogen and oxygen atoms in total. The zero-order valence-corrected chi connectivity index (χ0v) is 21.0. The van der Waals surface area contributed by atoms with Crippen LogP contribution in [-0.2, 0) is 6.54 Å². The van der Waals surface area contributed by atoms with Crippen LogP contribution in [0.1, 0.15) is 41.5 Å². The highest BCUT2D eigenvalue weighted by Gasteiger charge is 2.46. The van der Waals surface area contributed by atoms with Gasteiger partial charge in [0.05, 0.1) is 29.8 Å². The minimum atomic E-state index is 0.0555.